The molecule has 0 saturated carbocycles. The lowest BCUT2D eigenvalue weighted by Gasteiger charge is -2.19. The summed E-state index contributed by atoms with van der Waals surface area (Å²) in [4.78, 5) is 22.7. The molecule has 0 saturated heterocycles. The van der Waals surface area contributed by atoms with E-state index in [1.165, 1.54) is 6.08 Å². The Balaban J connectivity index is 2.64. The Bertz CT molecular complexity index is 266. The zero-order chi connectivity index (χ0) is 10.6. The van der Waals surface area contributed by atoms with E-state index in [1.54, 1.807) is 0 Å². The molecule has 0 bridgehead atoms. The van der Waals surface area contributed by atoms with Gasteiger partial charge in [0.15, 0.2) is 11.6 Å². The van der Waals surface area contributed by atoms with E-state index in [0.29, 0.717) is 12.0 Å². The molecule has 1 atom stereocenters. The van der Waals surface area contributed by atoms with Crippen LogP contribution in [0, 0.1) is 0 Å². The molecule has 0 radical (unpaired) electrons. The first kappa shape index (κ1) is 11.1. The van der Waals surface area contributed by atoms with Gasteiger partial charge >= 0.3 is 0 Å². The summed E-state index contributed by atoms with van der Waals surface area (Å²) in [5.41, 5.74) is 0.537. The van der Waals surface area contributed by atoms with Gasteiger partial charge in [-0.05, 0) is 19.4 Å². The Morgan fingerprint density at radius 2 is 2.36 bits per heavy atom. The Hall–Kier alpha value is -0.960. The number of ketones is 2. The van der Waals surface area contributed by atoms with Crippen LogP contribution in [0.4, 0.5) is 0 Å². The van der Waals surface area contributed by atoms with Crippen LogP contribution in [0.25, 0.3) is 0 Å². The molecule has 3 nitrogen and oxygen atoms in total. The highest BCUT2D eigenvalue weighted by Gasteiger charge is 2.22. The number of unbranched alkanes of at least 4 members (excludes halogenated alkanes) is 1. The van der Waals surface area contributed by atoms with Crippen molar-refractivity contribution in [2.45, 2.75) is 39.2 Å². The van der Waals surface area contributed by atoms with Gasteiger partial charge in [-0.25, -0.2) is 0 Å². The minimum Gasteiger partial charge on any atom is -0.366 e. The molecule has 0 aliphatic carbocycles. The number of carbonyl (C=O) groups is 2. The molecule has 0 aromatic heterocycles. The Morgan fingerprint density at radius 1 is 1.64 bits per heavy atom. The van der Waals surface area contributed by atoms with Gasteiger partial charge in [0.05, 0.1) is 6.10 Å². The standard InChI is InChI=1S/C11H16O3/c1-3-4-5-11(13)10-6-9(12)7-14-8(10)2/h6,8H,3-5,7H2,1-2H3. The van der Waals surface area contributed by atoms with Crippen molar-refractivity contribution < 1.29 is 14.3 Å². The van der Waals surface area contributed by atoms with Crippen molar-refractivity contribution in [3.63, 3.8) is 0 Å². The van der Waals surface area contributed by atoms with E-state index in [9.17, 15) is 9.59 Å². The second-order valence-corrected chi connectivity index (χ2v) is 3.55. The maximum absolute atomic E-state index is 11.6. The Labute approximate surface area is 84.1 Å². The van der Waals surface area contributed by atoms with Crippen molar-refractivity contribution in [3.05, 3.63) is 11.6 Å². The number of hydrogen-bond acceptors (Lipinski definition) is 3. The minimum absolute atomic E-state index is 0.0485. The van der Waals surface area contributed by atoms with Crippen LogP contribution in [-0.2, 0) is 14.3 Å². The summed E-state index contributed by atoms with van der Waals surface area (Å²) in [6, 6.07) is 0. The average Bonchev–Trinajstić information content (AvgIpc) is 2.18. The third-order valence-corrected chi connectivity index (χ3v) is 2.31. The van der Waals surface area contributed by atoms with Crippen LogP contribution in [0.3, 0.4) is 0 Å². The lowest BCUT2D eigenvalue weighted by molar-refractivity contribution is -0.125. The minimum atomic E-state index is -0.225. The fraction of sp³-hybridized carbons (Fsp3) is 0.636. The Kier molecular flexibility index (Phi) is 4.01. The zero-order valence-corrected chi connectivity index (χ0v) is 8.71. The molecule has 1 rings (SSSR count). The van der Waals surface area contributed by atoms with Crippen LogP contribution in [0.5, 0.6) is 0 Å². The largest absolute Gasteiger partial charge is 0.366 e. The normalized spacial score (nSPS) is 22.0. The zero-order valence-electron chi connectivity index (χ0n) is 8.71. The molecule has 0 fully saturated rings. The molecule has 0 N–H and O–H groups in total. The van der Waals surface area contributed by atoms with Crippen LogP contribution in [0.1, 0.15) is 33.1 Å². The topological polar surface area (TPSA) is 43.4 Å². The van der Waals surface area contributed by atoms with Gasteiger partial charge in [0.1, 0.15) is 6.61 Å². The van der Waals surface area contributed by atoms with Crippen molar-refractivity contribution >= 4 is 11.6 Å². The van der Waals surface area contributed by atoms with E-state index < -0.39 is 0 Å². The maximum Gasteiger partial charge on any atom is 0.181 e. The van der Waals surface area contributed by atoms with Gasteiger partial charge < -0.3 is 4.74 Å². The average molecular weight is 196 g/mol. The summed E-state index contributed by atoms with van der Waals surface area (Å²) in [5.74, 6) is -0.0599. The fourth-order valence-electron chi connectivity index (χ4n) is 1.42. The van der Waals surface area contributed by atoms with Crippen LogP contribution in [0.15, 0.2) is 11.6 Å². The predicted octanol–water partition coefficient (Wildman–Crippen LogP) is 1.66. The molecule has 1 aliphatic heterocycles. The van der Waals surface area contributed by atoms with E-state index in [2.05, 4.69) is 0 Å². The lowest BCUT2D eigenvalue weighted by atomic mass is 9.99. The quantitative estimate of drug-likeness (QED) is 0.686. The van der Waals surface area contributed by atoms with Gasteiger partial charge in [0.2, 0.25) is 0 Å². The molecule has 0 aromatic carbocycles. The summed E-state index contributed by atoms with van der Waals surface area (Å²) in [6.45, 7) is 3.95. The number of hydrogen-bond donors (Lipinski definition) is 0. The first-order chi connectivity index (χ1) is 6.65. The molecule has 1 heterocycles. The first-order valence-electron chi connectivity index (χ1n) is 5.04. The van der Waals surface area contributed by atoms with Crippen molar-refractivity contribution in [1.82, 2.24) is 0 Å². The molecule has 1 aliphatic rings. The van der Waals surface area contributed by atoms with Gasteiger partial charge in [0, 0.05) is 12.0 Å². The van der Waals surface area contributed by atoms with E-state index >= 15 is 0 Å². The molecule has 14 heavy (non-hydrogen) atoms. The maximum atomic E-state index is 11.6. The summed E-state index contributed by atoms with van der Waals surface area (Å²) in [5, 5.41) is 0. The van der Waals surface area contributed by atoms with Crippen LogP contribution in [-0.4, -0.2) is 24.3 Å². The van der Waals surface area contributed by atoms with Crippen molar-refractivity contribution in [3.8, 4) is 0 Å². The SMILES string of the molecule is CCCCC(=O)C1=CC(=O)COC1C. The lowest BCUT2D eigenvalue weighted by Crippen LogP contribution is -2.27. The van der Waals surface area contributed by atoms with E-state index in [1.807, 2.05) is 13.8 Å². The van der Waals surface area contributed by atoms with Gasteiger partial charge in [-0.3, -0.25) is 9.59 Å². The van der Waals surface area contributed by atoms with Crippen LogP contribution >= 0.6 is 0 Å². The molecule has 0 aromatic rings. The summed E-state index contributed by atoms with van der Waals surface area (Å²) >= 11 is 0. The fourth-order valence-corrected chi connectivity index (χ4v) is 1.42. The molecular formula is C11H16O3. The van der Waals surface area contributed by atoms with E-state index in [-0.39, 0.29) is 24.3 Å². The van der Waals surface area contributed by atoms with Gasteiger partial charge in [0.25, 0.3) is 0 Å². The smallest absolute Gasteiger partial charge is 0.181 e. The molecule has 0 spiro atoms. The number of Topliss-reactive ketones (excluding diaryl/α,β-unsaturated/α-hetero) is 1. The number of ether oxygens (including phenoxy) is 1. The second-order valence-electron chi connectivity index (χ2n) is 3.55. The molecule has 3 heteroatoms. The molecular weight excluding hydrogens is 180 g/mol. The predicted molar refractivity (Wildman–Crippen MR) is 53.0 cm³/mol. The number of carbonyl (C=O) groups excluding carboxylic acids is 2. The third-order valence-electron chi connectivity index (χ3n) is 2.31. The number of rotatable bonds is 4. The van der Waals surface area contributed by atoms with E-state index in [0.717, 1.165) is 12.8 Å². The van der Waals surface area contributed by atoms with Gasteiger partial charge in [-0.15, -0.1) is 0 Å². The molecule has 1 unspecified atom stereocenters. The van der Waals surface area contributed by atoms with E-state index in [4.69, 9.17) is 4.74 Å². The monoisotopic (exact) mass is 196 g/mol. The van der Waals surface area contributed by atoms with Crippen LogP contribution in [0.2, 0.25) is 0 Å². The van der Waals surface area contributed by atoms with Crippen LogP contribution < -0.4 is 0 Å². The highest BCUT2D eigenvalue weighted by Crippen LogP contribution is 2.15. The highest BCUT2D eigenvalue weighted by atomic mass is 16.5. The molecule has 78 valence electrons. The highest BCUT2D eigenvalue weighted by molar-refractivity contribution is 6.04. The first-order valence-corrected chi connectivity index (χ1v) is 5.04. The third kappa shape index (κ3) is 2.77. The van der Waals surface area contributed by atoms with Gasteiger partial charge in [-0.1, -0.05) is 13.3 Å². The van der Waals surface area contributed by atoms with Crippen molar-refractivity contribution in [2.24, 2.45) is 0 Å². The van der Waals surface area contributed by atoms with Crippen molar-refractivity contribution in [2.75, 3.05) is 6.61 Å². The Morgan fingerprint density at radius 3 is 3.00 bits per heavy atom. The summed E-state index contributed by atoms with van der Waals surface area (Å²) in [6.07, 6.45) is 3.59. The summed E-state index contributed by atoms with van der Waals surface area (Å²) in [7, 11) is 0. The second kappa shape index (κ2) is 5.05. The van der Waals surface area contributed by atoms with Crippen molar-refractivity contribution in [1.29, 1.82) is 0 Å². The van der Waals surface area contributed by atoms with Gasteiger partial charge in [-0.2, -0.15) is 0 Å². The summed E-state index contributed by atoms with van der Waals surface area (Å²) < 4.78 is 5.17. The molecule has 0 amide bonds.